The van der Waals surface area contributed by atoms with Gasteiger partial charge in [0.1, 0.15) is 17.7 Å². The predicted molar refractivity (Wildman–Crippen MR) is 94.3 cm³/mol. The third-order valence-electron chi connectivity index (χ3n) is 4.40. The topological polar surface area (TPSA) is 70.7 Å². The molecular formula is C19H13FN4O3. The van der Waals surface area contributed by atoms with Crippen LogP contribution in [0.5, 0.6) is 11.5 Å². The lowest BCUT2D eigenvalue weighted by Gasteiger charge is -2.05. The smallest absolute Gasteiger partial charge is 0.293 e. The third kappa shape index (κ3) is 2.71. The molecule has 0 amide bonds. The Balaban J connectivity index is 1.51. The van der Waals surface area contributed by atoms with Gasteiger partial charge in [0, 0.05) is 5.56 Å². The van der Waals surface area contributed by atoms with Gasteiger partial charge in [-0.05, 0) is 48.0 Å². The number of hydrogen-bond donors (Lipinski definition) is 0. The van der Waals surface area contributed by atoms with E-state index in [0.717, 1.165) is 11.1 Å². The standard InChI is InChI=1S/C19H13FN4O3/c20-14-4-2-13(3-5-14)15-8-16-19(25)23(21-10-24(16)22-15)9-12-1-6-17-18(7-12)27-11-26-17/h1-8,10H,9,11H2. The Morgan fingerprint density at radius 3 is 2.70 bits per heavy atom. The molecule has 0 saturated heterocycles. The van der Waals surface area contributed by atoms with Gasteiger partial charge in [-0.3, -0.25) is 4.79 Å². The van der Waals surface area contributed by atoms with Crippen molar-refractivity contribution in [2.24, 2.45) is 0 Å². The first-order valence-electron chi connectivity index (χ1n) is 8.27. The molecule has 2 aromatic carbocycles. The summed E-state index contributed by atoms with van der Waals surface area (Å²) in [6, 6.07) is 13.1. The molecule has 0 bridgehead atoms. The number of rotatable bonds is 3. The van der Waals surface area contributed by atoms with Crippen molar-refractivity contribution in [1.82, 2.24) is 19.4 Å². The number of hydrogen-bond acceptors (Lipinski definition) is 5. The van der Waals surface area contributed by atoms with Gasteiger partial charge in [-0.15, -0.1) is 0 Å². The molecule has 4 aromatic rings. The fourth-order valence-electron chi connectivity index (χ4n) is 3.02. The van der Waals surface area contributed by atoms with Crippen LogP contribution in [-0.2, 0) is 6.54 Å². The fourth-order valence-corrected chi connectivity index (χ4v) is 3.02. The van der Waals surface area contributed by atoms with Crippen LogP contribution in [0.3, 0.4) is 0 Å². The molecule has 27 heavy (non-hydrogen) atoms. The lowest BCUT2D eigenvalue weighted by molar-refractivity contribution is 0.174. The molecule has 8 heteroatoms. The van der Waals surface area contributed by atoms with Crippen LogP contribution in [0.4, 0.5) is 4.39 Å². The van der Waals surface area contributed by atoms with E-state index in [1.54, 1.807) is 18.2 Å². The van der Waals surface area contributed by atoms with Gasteiger partial charge in [-0.25, -0.2) is 13.6 Å². The zero-order chi connectivity index (χ0) is 18.4. The quantitative estimate of drug-likeness (QED) is 0.559. The van der Waals surface area contributed by atoms with Crippen LogP contribution in [0, 0.1) is 5.82 Å². The highest BCUT2D eigenvalue weighted by Gasteiger charge is 2.15. The van der Waals surface area contributed by atoms with Gasteiger partial charge < -0.3 is 9.47 Å². The highest BCUT2D eigenvalue weighted by Crippen LogP contribution is 2.32. The van der Waals surface area contributed by atoms with Gasteiger partial charge in [-0.2, -0.15) is 10.2 Å². The lowest BCUT2D eigenvalue weighted by Crippen LogP contribution is -2.25. The lowest BCUT2D eigenvalue weighted by atomic mass is 10.1. The van der Waals surface area contributed by atoms with Crippen LogP contribution in [0.1, 0.15) is 5.56 Å². The zero-order valence-electron chi connectivity index (χ0n) is 14.0. The first-order valence-corrected chi connectivity index (χ1v) is 8.27. The van der Waals surface area contributed by atoms with Gasteiger partial charge in [0.05, 0.1) is 12.2 Å². The Hall–Kier alpha value is -3.68. The van der Waals surface area contributed by atoms with E-state index in [2.05, 4.69) is 10.2 Å². The number of fused-ring (bicyclic) bond motifs is 2. The summed E-state index contributed by atoms with van der Waals surface area (Å²) in [6.45, 7) is 0.494. The molecule has 0 N–H and O–H groups in total. The van der Waals surface area contributed by atoms with Crippen LogP contribution < -0.4 is 15.0 Å². The van der Waals surface area contributed by atoms with E-state index in [1.165, 1.54) is 27.7 Å². The van der Waals surface area contributed by atoms with E-state index < -0.39 is 0 Å². The minimum absolute atomic E-state index is 0.199. The Morgan fingerprint density at radius 1 is 1.04 bits per heavy atom. The molecule has 0 spiro atoms. The Labute approximate surface area is 152 Å². The first kappa shape index (κ1) is 15.6. The molecule has 7 nitrogen and oxygen atoms in total. The van der Waals surface area contributed by atoms with E-state index >= 15 is 0 Å². The van der Waals surface area contributed by atoms with Gasteiger partial charge in [0.25, 0.3) is 5.56 Å². The molecule has 0 fully saturated rings. The van der Waals surface area contributed by atoms with Crippen LogP contribution in [0.2, 0.25) is 0 Å². The third-order valence-corrected chi connectivity index (χ3v) is 4.40. The van der Waals surface area contributed by atoms with Crippen LogP contribution in [-0.4, -0.2) is 26.2 Å². The molecule has 1 aliphatic heterocycles. The van der Waals surface area contributed by atoms with Crippen molar-refractivity contribution in [3.05, 3.63) is 76.6 Å². The minimum Gasteiger partial charge on any atom is -0.454 e. The average molecular weight is 364 g/mol. The average Bonchev–Trinajstić information content (AvgIpc) is 3.31. The minimum atomic E-state index is -0.324. The van der Waals surface area contributed by atoms with E-state index in [9.17, 15) is 9.18 Å². The molecule has 3 heterocycles. The summed E-state index contributed by atoms with van der Waals surface area (Å²) in [7, 11) is 0. The van der Waals surface area contributed by atoms with Crippen molar-refractivity contribution in [3.63, 3.8) is 0 Å². The maximum absolute atomic E-state index is 13.1. The summed E-state index contributed by atoms with van der Waals surface area (Å²) >= 11 is 0. The van der Waals surface area contributed by atoms with Gasteiger partial charge in [0.2, 0.25) is 6.79 Å². The van der Waals surface area contributed by atoms with Crippen molar-refractivity contribution in [1.29, 1.82) is 0 Å². The van der Waals surface area contributed by atoms with E-state index in [4.69, 9.17) is 9.47 Å². The number of benzene rings is 2. The molecule has 0 atom stereocenters. The van der Waals surface area contributed by atoms with Crippen molar-refractivity contribution in [3.8, 4) is 22.8 Å². The molecular weight excluding hydrogens is 351 g/mol. The van der Waals surface area contributed by atoms with Gasteiger partial charge in [0.15, 0.2) is 11.5 Å². The SMILES string of the molecule is O=c1c2cc(-c3ccc(F)cc3)nn2cnn1Cc1ccc2c(c1)OCO2. The monoisotopic (exact) mass is 364 g/mol. The molecule has 5 rings (SSSR count). The van der Waals surface area contributed by atoms with E-state index in [-0.39, 0.29) is 18.2 Å². The summed E-state index contributed by atoms with van der Waals surface area (Å²) in [5.74, 6) is 1.02. The summed E-state index contributed by atoms with van der Waals surface area (Å²) in [4.78, 5) is 12.8. The maximum atomic E-state index is 13.1. The maximum Gasteiger partial charge on any atom is 0.293 e. The Bertz CT molecular complexity index is 1210. The van der Waals surface area contributed by atoms with Crippen molar-refractivity contribution >= 4 is 5.52 Å². The second-order valence-corrected chi connectivity index (χ2v) is 6.15. The number of nitrogens with zero attached hydrogens (tertiary/aromatic N) is 4. The molecule has 134 valence electrons. The number of halogens is 1. The summed E-state index contributed by atoms with van der Waals surface area (Å²) in [5.41, 5.74) is 2.30. The number of aromatic nitrogens is 4. The van der Waals surface area contributed by atoms with Gasteiger partial charge in [-0.1, -0.05) is 6.07 Å². The number of ether oxygens (including phenoxy) is 2. The normalized spacial score (nSPS) is 12.6. The van der Waals surface area contributed by atoms with Crippen molar-refractivity contribution in [2.45, 2.75) is 6.54 Å². The van der Waals surface area contributed by atoms with E-state index in [1.807, 2.05) is 18.2 Å². The molecule has 0 aliphatic carbocycles. The van der Waals surface area contributed by atoms with Crippen LogP contribution in [0.15, 0.2) is 59.7 Å². The molecule has 2 aromatic heterocycles. The molecule has 0 unspecified atom stereocenters. The Kier molecular flexibility index (Phi) is 3.43. The highest BCUT2D eigenvalue weighted by molar-refractivity contribution is 5.65. The molecule has 0 saturated carbocycles. The largest absolute Gasteiger partial charge is 0.454 e. The predicted octanol–water partition coefficient (Wildman–Crippen LogP) is 2.47. The van der Waals surface area contributed by atoms with Crippen LogP contribution in [0.25, 0.3) is 16.8 Å². The Morgan fingerprint density at radius 2 is 1.85 bits per heavy atom. The van der Waals surface area contributed by atoms with Crippen molar-refractivity contribution in [2.75, 3.05) is 6.79 Å². The second-order valence-electron chi connectivity index (χ2n) is 6.15. The fraction of sp³-hybridized carbons (Fsp3) is 0.105. The first-order chi connectivity index (χ1) is 13.2. The molecule has 1 aliphatic rings. The summed E-state index contributed by atoms with van der Waals surface area (Å²) in [5, 5.41) is 8.54. The molecule has 0 radical (unpaired) electrons. The van der Waals surface area contributed by atoms with Crippen molar-refractivity contribution < 1.29 is 13.9 Å². The summed E-state index contributed by atoms with van der Waals surface area (Å²) < 4.78 is 26.6. The summed E-state index contributed by atoms with van der Waals surface area (Å²) in [6.07, 6.45) is 1.48. The highest BCUT2D eigenvalue weighted by atomic mass is 19.1. The zero-order valence-corrected chi connectivity index (χ0v) is 14.0. The van der Waals surface area contributed by atoms with E-state index in [0.29, 0.717) is 29.3 Å². The van der Waals surface area contributed by atoms with Gasteiger partial charge >= 0.3 is 0 Å². The van der Waals surface area contributed by atoms with Crippen LogP contribution >= 0.6 is 0 Å². The second kappa shape index (κ2) is 5.94.